The number of aliphatic hydroxyl groups is 1. The molecule has 1 aromatic heterocycles. The van der Waals surface area contributed by atoms with Gasteiger partial charge in [-0.3, -0.25) is 0 Å². The SMILES string of the molecule is COc1cccc(C(CO)Nc2ccnc(Nc3cc(OC)c(OC)c(OC)c3)n2)c1. The highest BCUT2D eigenvalue weighted by Crippen LogP contribution is 2.40. The number of nitrogens with zero attached hydrogens (tertiary/aromatic N) is 2. The number of nitrogens with one attached hydrogen (secondary N) is 2. The number of aromatic nitrogens is 2. The first-order valence-corrected chi connectivity index (χ1v) is 9.53. The minimum absolute atomic E-state index is 0.118. The predicted octanol–water partition coefficient (Wildman–Crippen LogP) is 3.40. The first kappa shape index (κ1) is 22.0. The molecule has 9 heteroatoms. The Morgan fingerprint density at radius 2 is 1.68 bits per heavy atom. The van der Waals surface area contributed by atoms with Gasteiger partial charge in [-0.15, -0.1) is 0 Å². The molecule has 3 aromatic rings. The Bertz CT molecular complexity index is 990. The minimum atomic E-state index is -0.362. The second-order valence-corrected chi connectivity index (χ2v) is 6.46. The Balaban J connectivity index is 1.81. The van der Waals surface area contributed by atoms with E-state index in [-0.39, 0.29) is 12.6 Å². The van der Waals surface area contributed by atoms with Crippen LogP contribution in [-0.2, 0) is 0 Å². The molecule has 0 aliphatic carbocycles. The van der Waals surface area contributed by atoms with Gasteiger partial charge in [-0.25, -0.2) is 4.98 Å². The molecule has 1 unspecified atom stereocenters. The van der Waals surface area contributed by atoms with E-state index in [1.165, 1.54) is 0 Å². The van der Waals surface area contributed by atoms with Gasteiger partial charge in [-0.05, 0) is 23.8 Å². The van der Waals surface area contributed by atoms with E-state index >= 15 is 0 Å². The molecule has 0 saturated heterocycles. The van der Waals surface area contributed by atoms with Crippen molar-refractivity contribution in [3.05, 3.63) is 54.2 Å². The lowest BCUT2D eigenvalue weighted by molar-refractivity contribution is 0.276. The Morgan fingerprint density at radius 1 is 0.935 bits per heavy atom. The molecule has 0 aliphatic rings. The van der Waals surface area contributed by atoms with Crippen molar-refractivity contribution in [1.82, 2.24) is 9.97 Å². The summed E-state index contributed by atoms with van der Waals surface area (Å²) < 4.78 is 21.4. The smallest absolute Gasteiger partial charge is 0.229 e. The van der Waals surface area contributed by atoms with Gasteiger partial charge in [0.05, 0.1) is 41.1 Å². The van der Waals surface area contributed by atoms with Crippen molar-refractivity contribution in [2.75, 3.05) is 45.7 Å². The van der Waals surface area contributed by atoms with Gasteiger partial charge in [0.25, 0.3) is 0 Å². The van der Waals surface area contributed by atoms with Crippen molar-refractivity contribution in [2.24, 2.45) is 0 Å². The molecule has 31 heavy (non-hydrogen) atoms. The van der Waals surface area contributed by atoms with Gasteiger partial charge in [-0.2, -0.15) is 4.98 Å². The van der Waals surface area contributed by atoms with Crippen LogP contribution >= 0.6 is 0 Å². The highest BCUT2D eigenvalue weighted by atomic mass is 16.5. The molecule has 0 spiro atoms. The summed E-state index contributed by atoms with van der Waals surface area (Å²) in [7, 11) is 6.25. The van der Waals surface area contributed by atoms with Gasteiger partial charge in [0.1, 0.15) is 11.6 Å². The van der Waals surface area contributed by atoms with Crippen LogP contribution in [0.25, 0.3) is 0 Å². The summed E-state index contributed by atoms with van der Waals surface area (Å²) in [5.74, 6) is 3.14. The van der Waals surface area contributed by atoms with E-state index in [1.807, 2.05) is 24.3 Å². The number of ether oxygens (including phenoxy) is 4. The third kappa shape index (κ3) is 5.26. The summed E-state index contributed by atoms with van der Waals surface area (Å²) in [6.45, 7) is -0.118. The second-order valence-electron chi connectivity index (χ2n) is 6.46. The molecule has 164 valence electrons. The van der Waals surface area contributed by atoms with E-state index in [4.69, 9.17) is 18.9 Å². The highest BCUT2D eigenvalue weighted by molar-refractivity contribution is 5.66. The zero-order valence-corrected chi connectivity index (χ0v) is 17.9. The van der Waals surface area contributed by atoms with Crippen LogP contribution in [-0.4, -0.2) is 50.1 Å². The molecule has 2 aromatic carbocycles. The van der Waals surface area contributed by atoms with Gasteiger partial charge in [-0.1, -0.05) is 12.1 Å². The van der Waals surface area contributed by atoms with Crippen molar-refractivity contribution >= 4 is 17.5 Å². The number of hydrogen-bond donors (Lipinski definition) is 3. The zero-order valence-electron chi connectivity index (χ0n) is 17.9. The lowest BCUT2D eigenvalue weighted by Crippen LogP contribution is -2.16. The Hall–Kier alpha value is -3.72. The lowest BCUT2D eigenvalue weighted by atomic mass is 10.1. The van der Waals surface area contributed by atoms with Crippen LogP contribution in [0.4, 0.5) is 17.5 Å². The molecule has 3 N–H and O–H groups in total. The maximum atomic E-state index is 9.87. The van der Waals surface area contributed by atoms with Crippen molar-refractivity contribution in [3.8, 4) is 23.0 Å². The van der Waals surface area contributed by atoms with Crippen molar-refractivity contribution in [1.29, 1.82) is 0 Å². The van der Waals surface area contributed by atoms with Gasteiger partial charge in [0.2, 0.25) is 11.7 Å². The van der Waals surface area contributed by atoms with E-state index in [0.29, 0.717) is 40.5 Å². The number of methoxy groups -OCH3 is 4. The molecule has 3 rings (SSSR count). The molecule has 0 radical (unpaired) electrons. The van der Waals surface area contributed by atoms with Crippen molar-refractivity contribution < 1.29 is 24.1 Å². The maximum Gasteiger partial charge on any atom is 0.229 e. The monoisotopic (exact) mass is 426 g/mol. The lowest BCUT2D eigenvalue weighted by Gasteiger charge is -2.18. The number of hydrogen-bond acceptors (Lipinski definition) is 9. The van der Waals surface area contributed by atoms with Crippen LogP contribution in [0.15, 0.2) is 48.7 Å². The second kappa shape index (κ2) is 10.4. The number of benzene rings is 2. The van der Waals surface area contributed by atoms with Crippen LogP contribution < -0.4 is 29.6 Å². The standard InChI is InChI=1S/C22H26N4O5/c1-28-16-7-5-6-14(10-16)17(13-27)25-20-8-9-23-22(26-20)24-15-11-18(29-2)21(31-4)19(12-15)30-3/h5-12,17,27H,13H2,1-4H3,(H2,23,24,25,26). The summed E-state index contributed by atoms with van der Waals surface area (Å²) in [6, 6.07) is 12.4. The molecule has 9 nitrogen and oxygen atoms in total. The molecule has 0 bridgehead atoms. The average molecular weight is 426 g/mol. The van der Waals surface area contributed by atoms with Gasteiger partial charge in [0, 0.05) is 24.0 Å². The molecular formula is C22H26N4O5. The van der Waals surface area contributed by atoms with E-state index in [2.05, 4.69) is 20.6 Å². The largest absolute Gasteiger partial charge is 0.497 e. The molecule has 0 saturated carbocycles. The first-order valence-electron chi connectivity index (χ1n) is 9.53. The zero-order chi connectivity index (χ0) is 22.2. The van der Waals surface area contributed by atoms with Crippen LogP contribution in [0.2, 0.25) is 0 Å². The van der Waals surface area contributed by atoms with E-state index in [1.54, 1.807) is 52.8 Å². The number of aliphatic hydroxyl groups excluding tert-OH is 1. The first-order chi connectivity index (χ1) is 15.1. The summed E-state index contributed by atoms with van der Waals surface area (Å²) in [4.78, 5) is 8.75. The number of rotatable bonds is 10. The van der Waals surface area contributed by atoms with E-state index in [9.17, 15) is 5.11 Å². The summed E-state index contributed by atoms with van der Waals surface area (Å²) in [5.41, 5.74) is 1.54. The van der Waals surface area contributed by atoms with Crippen LogP contribution in [0.5, 0.6) is 23.0 Å². The van der Waals surface area contributed by atoms with Crippen LogP contribution in [0, 0.1) is 0 Å². The molecule has 0 amide bonds. The van der Waals surface area contributed by atoms with Crippen molar-refractivity contribution in [2.45, 2.75) is 6.04 Å². The maximum absolute atomic E-state index is 9.87. The third-order valence-electron chi connectivity index (χ3n) is 4.58. The van der Waals surface area contributed by atoms with Crippen LogP contribution in [0.3, 0.4) is 0 Å². The van der Waals surface area contributed by atoms with E-state index < -0.39 is 0 Å². The van der Waals surface area contributed by atoms with Crippen LogP contribution in [0.1, 0.15) is 11.6 Å². The molecule has 0 fully saturated rings. The molecular weight excluding hydrogens is 400 g/mol. The Kier molecular flexibility index (Phi) is 7.34. The van der Waals surface area contributed by atoms with Gasteiger partial charge < -0.3 is 34.7 Å². The molecule has 1 atom stereocenters. The topological polar surface area (TPSA) is 107 Å². The van der Waals surface area contributed by atoms with E-state index in [0.717, 1.165) is 5.56 Å². The average Bonchev–Trinajstić information content (AvgIpc) is 2.82. The predicted molar refractivity (Wildman–Crippen MR) is 118 cm³/mol. The summed E-state index contributed by atoms with van der Waals surface area (Å²) in [6.07, 6.45) is 1.62. The molecule has 0 aliphatic heterocycles. The molecule has 1 heterocycles. The fraction of sp³-hybridized carbons (Fsp3) is 0.273. The quantitative estimate of drug-likeness (QED) is 0.450. The minimum Gasteiger partial charge on any atom is -0.497 e. The highest BCUT2D eigenvalue weighted by Gasteiger charge is 2.15. The van der Waals surface area contributed by atoms with Gasteiger partial charge in [0.15, 0.2) is 11.5 Å². The summed E-state index contributed by atoms with van der Waals surface area (Å²) in [5, 5.41) is 16.2. The fourth-order valence-corrected chi connectivity index (χ4v) is 3.05. The third-order valence-corrected chi connectivity index (χ3v) is 4.58. The Morgan fingerprint density at radius 3 is 2.29 bits per heavy atom. The Labute approximate surface area is 181 Å². The number of anilines is 3. The normalized spacial score (nSPS) is 11.4. The van der Waals surface area contributed by atoms with Gasteiger partial charge >= 0.3 is 0 Å². The van der Waals surface area contributed by atoms with Crippen molar-refractivity contribution in [3.63, 3.8) is 0 Å². The summed E-state index contributed by atoms with van der Waals surface area (Å²) >= 11 is 0. The fourth-order valence-electron chi connectivity index (χ4n) is 3.05.